The van der Waals surface area contributed by atoms with E-state index in [0.717, 1.165) is 50.1 Å². The molecular formula is C23H27ClFN3O3. The maximum Gasteiger partial charge on any atom is 0.310 e. The van der Waals surface area contributed by atoms with Crippen LogP contribution in [0.15, 0.2) is 30.6 Å². The number of esters is 1. The number of hydrogen-bond acceptors (Lipinski definition) is 6. The molecule has 1 aromatic carbocycles. The molecule has 2 aromatic rings. The highest BCUT2D eigenvalue weighted by atomic mass is 35.5. The molecule has 0 bridgehead atoms. The third-order valence-electron chi connectivity index (χ3n) is 6.36. The van der Waals surface area contributed by atoms with Gasteiger partial charge in [0.15, 0.2) is 0 Å². The van der Waals surface area contributed by atoms with Crippen molar-refractivity contribution < 1.29 is 18.7 Å². The van der Waals surface area contributed by atoms with Gasteiger partial charge in [-0.3, -0.25) is 4.79 Å². The molecule has 2 atom stereocenters. The molecule has 0 amide bonds. The average Bonchev–Trinajstić information content (AvgIpc) is 3.56. The summed E-state index contributed by atoms with van der Waals surface area (Å²) in [5.74, 6) is 2.54. The Morgan fingerprint density at radius 3 is 2.68 bits per heavy atom. The van der Waals surface area contributed by atoms with Gasteiger partial charge in [0, 0.05) is 19.2 Å². The lowest BCUT2D eigenvalue weighted by atomic mass is 9.90. The van der Waals surface area contributed by atoms with Gasteiger partial charge in [-0.2, -0.15) is 0 Å². The van der Waals surface area contributed by atoms with Crippen molar-refractivity contribution in [3.05, 3.63) is 47.0 Å². The van der Waals surface area contributed by atoms with Crippen LogP contribution in [0.1, 0.15) is 31.2 Å². The SMILES string of the molecule is COC(=O)Cc1ccc(OCCC2C[C@@H]2C2CCN(c3ncc(Cl)cn3)CC2)cc1F. The molecule has 2 fully saturated rings. The zero-order valence-corrected chi connectivity index (χ0v) is 18.4. The maximum atomic E-state index is 14.1. The quantitative estimate of drug-likeness (QED) is 0.562. The third kappa shape index (κ3) is 5.64. The number of methoxy groups -OCH3 is 1. The van der Waals surface area contributed by atoms with Crippen molar-refractivity contribution in [2.75, 3.05) is 31.7 Å². The van der Waals surface area contributed by atoms with Gasteiger partial charge in [0.1, 0.15) is 11.6 Å². The van der Waals surface area contributed by atoms with Gasteiger partial charge in [0.2, 0.25) is 5.95 Å². The topological polar surface area (TPSA) is 64.6 Å². The molecule has 2 heterocycles. The Bertz CT molecular complexity index is 903. The summed E-state index contributed by atoms with van der Waals surface area (Å²) >= 11 is 5.87. The van der Waals surface area contributed by atoms with Crippen LogP contribution >= 0.6 is 11.6 Å². The molecule has 4 rings (SSSR count). The van der Waals surface area contributed by atoms with Crippen LogP contribution in [-0.4, -0.2) is 42.7 Å². The Balaban J connectivity index is 1.17. The second kappa shape index (κ2) is 9.81. The molecule has 6 nitrogen and oxygen atoms in total. The summed E-state index contributed by atoms with van der Waals surface area (Å²) in [6, 6.07) is 4.64. The number of benzene rings is 1. The van der Waals surface area contributed by atoms with Crippen LogP contribution in [0, 0.1) is 23.6 Å². The van der Waals surface area contributed by atoms with E-state index in [-0.39, 0.29) is 6.42 Å². The van der Waals surface area contributed by atoms with Crippen molar-refractivity contribution in [1.29, 1.82) is 0 Å². The first-order valence-electron chi connectivity index (χ1n) is 10.7. The molecular weight excluding hydrogens is 421 g/mol. The second-order valence-electron chi connectivity index (χ2n) is 8.33. The lowest BCUT2D eigenvalue weighted by Crippen LogP contribution is -2.35. The highest BCUT2D eigenvalue weighted by Crippen LogP contribution is 2.49. The summed E-state index contributed by atoms with van der Waals surface area (Å²) in [4.78, 5) is 22.2. The normalized spacial score (nSPS) is 21.1. The first-order chi connectivity index (χ1) is 15.0. The van der Waals surface area contributed by atoms with Gasteiger partial charge in [0.05, 0.1) is 37.6 Å². The number of hydrogen-bond donors (Lipinski definition) is 0. The Morgan fingerprint density at radius 1 is 1.26 bits per heavy atom. The van der Waals surface area contributed by atoms with E-state index >= 15 is 0 Å². The summed E-state index contributed by atoms with van der Waals surface area (Å²) in [7, 11) is 1.29. The van der Waals surface area contributed by atoms with E-state index in [4.69, 9.17) is 16.3 Å². The largest absolute Gasteiger partial charge is 0.493 e. The second-order valence-corrected chi connectivity index (χ2v) is 8.77. The summed E-state index contributed by atoms with van der Waals surface area (Å²) in [5.41, 5.74) is 0.316. The lowest BCUT2D eigenvalue weighted by molar-refractivity contribution is -0.139. The van der Waals surface area contributed by atoms with Crippen LogP contribution in [0.4, 0.5) is 10.3 Å². The van der Waals surface area contributed by atoms with Crippen molar-refractivity contribution in [3.8, 4) is 5.75 Å². The molecule has 8 heteroatoms. The van der Waals surface area contributed by atoms with Crippen LogP contribution in [0.5, 0.6) is 5.75 Å². The van der Waals surface area contributed by atoms with E-state index in [0.29, 0.717) is 28.9 Å². The number of aromatic nitrogens is 2. The van der Waals surface area contributed by atoms with Crippen molar-refractivity contribution in [2.45, 2.75) is 32.1 Å². The molecule has 166 valence electrons. The molecule has 31 heavy (non-hydrogen) atoms. The Labute approximate surface area is 186 Å². The fraction of sp³-hybridized carbons (Fsp3) is 0.522. The van der Waals surface area contributed by atoms with Gasteiger partial charge in [-0.15, -0.1) is 0 Å². The van der Waals surface area contributed by atoms with E-state index in [2.05, 4.69) is 19.6 Å². The predicted molar refractivity (Wildman–Crippen MR) is 116 cm³/mol. The van der Waals surface area contributed by atoms with Gasteiger partial charge in [0.25, 0.3) is 0 Å². The number of carbonyl (C=O) groups excluding carboxylic acids is 1. The number of piperidine rings is 1. The fourth-order valence-electron chi connectivity index (χ4n) is 4.49. The van der Waals surface area contributed by atoms with Gasteiger partial charge in [-0.25, -0.2) is 14.4 Å². The van der Waals surface area contributed by atoms with E-state index in [9.17, 15) is 9.18 Å². The monoisotopic (exact) mass is 447 g/mol. The summed E-state index contributed by atoms with van der Waals surface area (Å²) < 4.78 is 24.4. The van der Waals surface area contributed by atoms with Crippen LogP contribution in [0.2, 0.25) is 5.02 Å². The summed E-state index contributed by atoms with van der Waals surface area (Å²) in [6.07, 6.45) is 7.75. The molecule has 1 aliphatic carbocycles. The molecule has 0 spiro atoms. The summed E-state index contributed by atoms with van der Waals surface area (Å²) in [6.45, 7) is 2.53. The van der Waals surface area contributed by atoms with Crippen molar-refractivity contribution in [1.82, 2.24) is 9.97 Å². The van der Waals surface area contributed by atoms with Crippen LogP contribution in [0.3, 0.4) is 0 Å². The highest BCUT2D eigenvalue weighted by Gasteiger charge is 2.43. The molecule has 1 saturated carbocycles. The minimum absolute atomic E-state index is 0.0741. The van der Waals surface area contributed by atoms with Gasteiger partial charge >= 0.3 is 5.97 Å². The number of halogens is 2. The molecule has 2 aliphatic rings. The van der Waals surface area contributed by atoms with Crippen molar-refractivity contribution in [2.24, 2.45) is 17.8 Å². The molecule has 0 radical (unpaired) electrons. The van der Waals surface area contributed by atoms with Gasteiger partial charge in [-0.1, -0.05) is 17.7 Å². The number of carbonyl (C=O) groups is 1. The number of ether oxygens (including phenoxy) is 2. The van der Waals surface area contributed by atoms with Crippen LogP contribution in [-0.2, 0) is 16.0 Å². The standard InChI is InChI=1S/C23H27ClFN3O3/c1-30-22(29)11-17-2-3-19(12-21(17)25)31-9-6-16-10-20(16)15-4-7-28(8-5-15)23-26-13-18(24)14-27-23/h2-3,12-16,20H,4-11H2,1H3/t16?,20-/m1/s1. The van der Waals surface area contributed by atoms with E-state index < -0.39 is 11.8 Å². The molecule has 1 unspecified atom stereocenters. The number of rotatable bonds is 8. The molecule has 0 N–H and O–H groups in total. The van der Waals surface area contributed by atoms with E-state index in [1.165, 1.54) is 19.6 Å². The summed E-state index contributed by atoms with van der Waals surface area (Å²) in [5, 5.41) is 0.557. The molecule has 1 aromatic heterocycles. The first-order valence-corrected chi connectivity index (χ1v) is 11.1. The molecule has 1 aliphatic heterocycles. The first kappa shape index (κ1) is 21.8. The lowest BCUT2D eigenvalue weighted by Gasteiger charge is -2.32. The zero-order chi connectivity index (χ0) is 21.8. The average molecular weight is 448 g/mol. The number of anilines is 1. The van der Waals surface area contributed by atoms with Crippen LogP contribution < -0.4 is 9.64 Å². The van der Waals surface area contributed by atoms with Crippen LogP contribution in [0.25, 0.3) is 0 Å². The zero-order valence-electron chi connectivity index (χ0n) is 17.6. The van der Waals surface area contributed by atoms with Gasteiger partial charge in [-0.05, 0) is 55.1 Å². The Hall–Kier alpha value is -2.41. The minimum Gasteiger partial charge on any atom is -0.493 e. The predicted octanol–water partition coefficient (Wildman–Crippen LogP) is 4.31. The molecule has 1 saturated heterocycles. The fourth-order valence-corrected chi connectivity index (χ4v) is 4.59. The van der Waals surface area contributed by atoms with E-state index in [1.807, 2.05) is 0 Å². The maximum absolute atomic E-state index is 14.1. The smallest absolute Gasteiger partial charge is 0.310 e. The Morgan fingerprint density at radius 2 is 2.00 bits per heavy atom. The third-order valence-corrected chi connectivity index (χ3v) is 6.55. The van der Waals surface area contributed by atoms with E-state index in [1.54, 1.807) is 24.5 Å². The number of nitrogens with zero attached hydrogens (tertiary/aromatic N) is 3. The highest BCUT2D eigenvalue weighted by molar-refractivity contribution is 6.30. The van der Waals surface area contributed by atoms with Crippen molar-refractivity contribution >= 4 is 23.5 Å². The Kier molecular flexibility index (Phi) is 6.90. The minimum atomic E-state index is -0.459. The van der Waals surface area contributed by atoms with Gasteiger partial charge < -0.3 is 14.4 Å². The van der Waals surface area contributed by atoms with Crippen molar-refractivity contribution in [3.63, 3.8) is 0 Å².